The quantitative estimate of drug-likeness (QED) is 0.890. The molecule has 5 heteroatoms. The molecule has 1 saturated heterocycles. The van der Waals surface area contributed by atoms with Crippen LogP contribution in [0.5, 0.6) is 5.75 Å². The highest BCUT2D eigenvalue weighted by atomic mass is 19.1. The van der Waals surface area contributed by atoms with Crippen LogP contribution in [0.15, 0.2) is 18.2 Å². The number of piperazine rings is 1. The number of hydrogen-bond donors (Lipinski definition) is 1. The zero-order valence-electron chi connectivity index (χ0n) is 11.1. The molecule has 0 saturated carbocycles. The molecule has 0 atom stereocenters. The molecular weight excluding hydrogens is 247 g/mol. The van der Waals surface area contributed by atoms with Gasteiger partial charge in [0.05, 0.1) is 7.11 Å². The van der Waals surface area contributed by atoms with Gasteiger partial charge in [-0.05, 0) is 18.1 Å². The maximum Gasteiger partial charge on any atom is 0.222 e. The van der Waals surface area contributed by atoms with Crippen molar-refractivity contribution >= 4 is 5.91 Å². The molecule has 104 valence electrons. The summed E-state index contributed by atoms with van der Waals surface area (Å²) in [6.45, 7) is 3.15. The number of halogens is 1. The minimum atomic E-state index is -0.313. The van der Waals surface area contributed by atoms with Crippen LogP contribution in [-0.2, 0) is 11.2 Å². The molecule has 1 N–H and O–H groups in total. The predicted octanol–water partition coefficient (Wildman–Crippen LogP) is 1.20. The van der Waals surface area contributed by atoms with Gasteiger partial charge in [-0.25, -0.2) is 4.39 Å². The molecule has 1 amide bonds. The van der Waals surface area contributed by atoms with Crippen LogP contribution >= 0.6 is 0 Å². The van der Waals surface area contributed by atoms with E-state index in [4.69, 9.17) is 4.74 Å². The van der Waals surface area contributed by atoms with Crippen LogP contribution in [0.3, 0.4) is 0 Å². The molecular formula is C14H19FN2O2. The van der Waals surface area contributed by atoms with Crippen molar-refractivity contribution in [2.75, 3.05) is 33.3 Å². The van der Waals surface area contributed by atoms with Gasteiger partial charge < -0.3 is 15.0 Å². The van der Waals surface area contributed by atoms with Crippen molar-refractivity contribution in [3.8, 4) is 5.75 Å². The Morgan fingerprint density at radius 1 is 1.42 bits per heavy atom. The van der Waals surface area contributed by atoms with Crippen molar-refractivity contribution in [3.05, 3.63) is 29.6 Å². The van der Waals surface area contributed by atoms with Crippen molar-refractivity contribution < 1.29 is 13.9 Å². The topological polar surface area (TPSA) is 41.6 Å². The standard InChI is InChI=1S/C14H19FN2O2/c1-19-12-4-2-11(13(15)10-12)3-5-14(18)17-8-6-16-7-9-17/h2,4,10,16H,3,5-9H2,1H3. The second-order valence-electron chi connectivity index (χ2n) is 4.59. The number of nitrogens with one attached hydrogen (secondary N) is 1. The minimum Gasteiger partial charge on any atom is -0.497 e. The first-order valence-corrected chi connectivity index (χ1v) is 6.51. The van der Waals surface area contributed by atoms with E-state index in [-0.39, 0.29) is 11.7 Å². The van der Waals surface area contributed by atoms with Gasteiger partial charge in [-0.15, -0.1) is 0 Å². The van der Waals surface area contributed by atoms with E-state index in [1.165, 1.54) is 13.2 Å². The molecule has 0 aromatic heterocycles. The zero-order valence-corrected chi connectivity index (χ0v) is 11.1. The van der Waals surface area contributed by atoms with E-state index in [9.17, 15) is 9.18 Å². The molecule has 19 heavy (non-hydrogen) atoms. The molecule has 1 aromatic carbocycles. The number of carbonyl (C=O) groups excluding carboxylic acids is 1. The van der Waals surface area contributed by atoms with Gasteiger partial charge in [0.25, 0.3) is 0 Å². The zero-order chi connectivity index (χ0) is 13.7. The number of benzene rings is 1. The predicted molar refractivity (Wildman–Crippen MR) is 70.7 cm³/mol. The van der Waals surface area contributed by atoms with Gasteiger partial charge in [0, 0.05) is 38.7 Å². The van der Waals surface area contributed by atoms with E-state index in [1.54, 1.807) is 12.1 Å². The van der Waals surface area contributed by atoms with E-state index >= 15 is 0 Å². The number of amides is 1. The summed E-state index contributed by atoms with van der Waals surface area (Å²) in [5.41, 5.74) is 0.560. The first-order valence-electron chi connectivity index (χ1n) is 6.51. The van der Waals surface area contributed by atoms with Crippen LogP contribution in [0, 0.1) is 5.82 Å². The fourth-order valence-corrected chi connectivity index (χ4v) is 2.17. The second-order valence-corrected chi connectivity index (χ2v) is 4.59. The average molecular weight is 266 g/mol. The van der Waals surface area contributed by atoms with Crippen LogP contribution in [0.2, 0.25) is 0 Å². The summed E-state index contributed by atoms with van der Waals surface area (Å²) in [6, 6.07) is 4.75. The fourth-order valence-electron chi connectivity index (χ4n) is 2.17. The summed E-state index contributed by atoms with van der Waals surface area (Å²) < 4.78 is 18.7. The Hall–Kier alpha value is -1.62. The van der Waals surface area contributed by atoms with Gasteiger partial charge in [0.1, 0.15) is 11.6 Å². The normalized spacial score (nSPS) is 15.4. The van der Waals surface area contributed by atoms with Crippen molar-refractivity contribution in [1.29, 1.82) is 0 Å². The molecule has 0 radical (unpaired) electrons. The number of methoxy groups -OCH3 is 1. The van der Waals surface area contributed by atoms with Gasteiger partial charge >= 0.3 is 0 Å². The first kappa shape index (κ1) is 13.8. The van der Waals surface area contributed by atoms with E-state index < -0.39 is 0 Å². The third-order valence-corrected chi connectivity index (χ3v) is 3.34. The Morgan fingerprint density at radius 2 is 2.16 bits per heavy atom. The van der Waals surface area contributed by atoms with Crippen LogP contribution in [0.1, 0.15) is 12.0 Å². The van der Waals surface area contributed by atoms with E-state index in [1.807, 2.05) is 4.90 Å². The molecule has 0 bridgehead atoms. The molecule has 0 unspecified atom stereocenters. The largest absolute Gasteiger partial charge is 0.497 e. The molecule has 0 spiro atoms. The lowest BCUT2D eigenvalue weighted by Crippen LogP contribution is -2.46. The first-order chi connectivity index (χ1) is 9.20. The Kier molecular flexibility index (Phi) is 4.74. The van der Waals surface area contributed by atoms with E-state index in [0.29, 0.717) is 24.2 Å². The molecule has 2 rings (SSSR count). The number of rotatable bonds is 4. The van der Waals surface area contributed by atoms with Crippen LogP contribution in [0.4, 0.5) is 4.39 Å². The lowest BCUT2D eigenvalue weighted by atomic mass is 10.1. The SMILES string of the molecule is COc1ccc(CCC(=O)N2CCNCC2)c(F)c1. The number of carbonyl (C=O) groups is 1. The van der Waals surface area contributed by atoms with Crippen molar-refractivity contribution in [1.82, 2.24) is 10.2 Å². The maximum atomic E-state index is 13.7. The second kappa shape index (κ2) is 6.52. The summed E-state index contributed by atoms with van der Waals surface area (Å²) in [4.78, 5) is 13.8. The molecule has 1 aliphatic heterocycles. The van der Waals surface area contributed by atoms with E-state index in [0.717, 1.165) is 26.2 Å². The number of nitrogens with zero attached hydrogens (tertiary/aromatic N) is 1. The molecule has 1 heterocycles. The number of aryl methyl sites for hydroxylation is 1. The van der Waals surface area contributed by atoms with Gasteiger partial charge in [0.15, 0.2) is 0 Å². The molecule has 0 aliphatic carbocycles. The van der Waals surface area contributed by atoms with Gasteiger partial charge in [-0.1, -0.05) is 6.07 Å². The van der Waals surface area contributed by atoms with Gasteiger partial charge in [-0.3, -0.25) is 4.79 Å². The lowest BCUT2D eigenvalue weighted by molar-refractivity contribution is -0.131. The number of ether oxygens (including phenoxy) is 1. The third-order valence-electron chi connectivity index (χ3n) is 3.34. The smallest absolute Gasteiger partial charge is 0.222 e. The Morgan fingerprint density at radius 3 is 2.79 bits per heavy atom. The van der Waals surface area contributed by atoms with Crippen LogP contribution in [-0.4, -0.2) is 44.1 Å². The van der Waals surface area contributed by atoms with Crippen molar-refractivity contribution in [2.45, 2.75) is 12.8 Å². The summed E-state index contributed by atoms with van der Waals surface area (Å²) in [5, 5.41) is 3.20. The summed E-state index contributed by atoms with van der Waals surface area (Å²) in [7, 11) is 1.50. The summed E-state index contributed by atoms with van der Waals surface area (Å²) >= 11 is 0. The number of hydrogen-bond acceptors (Lipinski definition) is 3. The van der Waals surface area contributed by atoms with E-state index in [2.05, 4.69) is 5.32 Å². The highest BCUT2D eigenvalue weighted by Gasteiger charge is 2.16. The highest BCUT2D eigenvalue weighted by molar-refractivity contribution is 5.76. The molecule has 4 nitrogen and oxygen atoms in total. The van der Waals surface area contributed by atoms with Gasteiger partial charge in [0.2, 0.25) is 5.91 Å². The summed E-state index contributed by atoms with van der Waals surface area (Å²) in [6.07, 6.45) is 0.780. The maximum absolute atomic E-state index is 13.7. The van der Waals surface area contributed by atoms with Crippen LogP contribution in [0.25, 0.3) is 0 Å². The third kappa shape index (κ3) is 3.67. The average Bonchev–Trinajstić information content (AvgIpc) is 2.46. The molecule has 1 aromatic rings. The monoisotopic (exact) mass is 266 g/mol. The van der Waals surface area contributed by atoms with Crippen molar-refractivity contribution in [3.63, 3.8) is 0 Å². The molecule has 1 fully saturated rings. The lowest BCUT2D eigenvalue weighted by Gasteiger charge is -2.27. The Balaban J connectivity index is 1.89. The Labute approximate surface area is 112 Å². The Bertz CT molecular complexity index is 445. The minimum absolute atomic E-state index is 0.0942. The van der Waals surface area contributed by atoms with Gasteiger partial charge in [-0.2, -0.15) is 0 Å². The van der Waals surface area contributed by atoms with Crippen LogP contribution < -0.4 is 10.1 Å². The molecule has 1 aliphatic rings. The van der Waals surface area contributed by atoms with Crippen molar-refractivity contribution in [2.24, 2.45) is 0 Å². The highest BCUT2D eigenvalue weighted by Crippen LogP contribution is 2.17. The summed E-state index contributed by atoms with van der Waals surface area (Å²) in [5.74, 6) is 0.277. The fraction of sp³-hybridized carbons (Fsp3) is 0.500.